The molecule has 2 amide bonds. The Balaban J connectivity index is 2.20. The number of nitrogens with zero attached hydrogens (tertiary/aromatic N) is 5. The van der Waals surface area contributed by atoms with Gasteiger partial charge in [-0.15, -0.1) is 11.5 Å². The molecule has 2 heterocycles. The molecule has 0 aromatic carbocycles. The number of likely N-dealkylation sites (N-methyl/N-ethyl adjacent to an activating group) is 1. The molecule has 21 heavy (non-hydrogen) atoms. The average Bonchev–Trinajstić information content (AvgIpc) is 2.97. The minimum atomic E-state index is -3.83. The van der Waals surface area contributed by atoms with Gasteiger partial charge in [-0.3, -0.25) is 0 Å². The number of urea groups is 1. The Morgan fingerprint density at radius 1 is 1.62 bits per heavy atom. The van der Waals surface area contributed by atoms with Gasteiger partial charge < -0.3 is 10.0 Å². The molecular weight excluding hydrogens is 318 g/mol. The van der Waals surface area contributed by atoms with Gasteiger partial charge in [0.15, 0.2) is 11.4 Å². The molecule has 0 aliphatic carbocycles. The molecule has 0 radical (unpaired) electrons. The van der Waals surface area contributed by atoms with Crippen LogP contribution in [0.15, 0.2) is 5.10 Å². The summed E-state index contributed by atoms with van der Waals surface area (Å²) in [6.45, 7) is 0.0600. The molecule has 0 spiro atoms. The van der Waals surface area contributed by atoms with E-state index in [2.05, 4.69) is 11.0 Å². The Kier molecular flexibility index (Phi) is 4.33. The monoisotopic (exact) mass is 333 g/mol. The van der Waals surface area contributed by atoms with Gasteiger partial charge in [0.05, 0.1) is 13.1 Å². The lowest BCUT2D eigenvalue weighted by Crippen LogP contribution is -2.39. The maximum Gasteiger partial charge on any atom is 0.328 e. The van der Waals surface area contributed by atoms with Crippen molar-refractivity contribution in [3.8, 4) is 12.3 Å². The van der Waals surface area contributed by atoms with Gasteiger partial charge in [-0.05, 0) is 0 Å². The summed E-state index contributed by atoms with van der Waals surface area (Å²) in [7, 11) is -0.942. The molecule has 0 aromatic rings. The maximum atomic E-state index is 12.2. The Morgan fingerprint density at radius 3 is 2.81 bits per heavy atom. The van der Waals surface area contributed by atoms with E-state index >= 15 is 0 Å². The van der Waals surface area contributed by atoms with Crippen molar-refractivity contribution in [2.24, 2.45) is 5.10 Å². The van der Waals surface area contributed by atoms with Gasteiger partial charge in [0.1, 0.15) is 5.88 Å². The molecule has 0 aromatic heterocycles. The van der Waals surface area contributed by atoms with E-state index in [0.29, 0.717) is 0 Å². The van der Waals surface area contributed by atoms with E-state index in [0.717, 1.165) is 25.4 Å². The van der Waals surface area contributed by atoms with Crippen LogP contribution in [0.3, 0.4) is 0 Å². The van der Waals surface area contributed by atoms with E-state index in [9.17, 15) is 18.3 Å². The first-order valence-corrected chi connectivity index (χ1v) is 8.28. The highest BCUT2D eigenvalue weighted by molar-refractivity contribution is 8.14. The van der Waals surface area contributed by atoms with Crippen molar-refractivity contribution in [1.29, 1.82) is 0 Å². The summed E-state index contributed by atoms with van der Waals surface area (Å²) in [5, 5.41) is 13.9. The molecule has 9 nitrogen and oxygen atoms in total. The third kappa shape index (κ3) is 2.80. The second-order valence-electron chi connectivity index (χ2n) is 4.46. The van der Waals surface area contributed by atoms with Gasteiger partial charge in [-0.25, -0.2) is 9.69 Å². The van der Waals surface area contributed by atoms with Crippen LogP contribution < -0.4 is 0 Å². The predicted octanol–water partition coefficient (Wildman–Crippen LogP) is -1.24. The number of rotatable bonds is 3. The summed E-state index contributed by atoms with van der Waals surface area (Å²) in [5.74, 6) is 2.26. The Morgan fingerprint density at radius 2 is 2.29 bits per heavy atom. The second kappa shape index (κ2) is 5.72. The molecule has 2 rings (SSSR count). The lowest BCUT2D eigenvalue weighted by atomic mass is 10.5. The molecule has 1 N–H and O–H groups in total. The second-order valence-corrected chi connectivity index (χ2v) is 7.31. The highest BCUT2D eigenvalue weighted by Crippen LogP contribution is 2.27. The van der Waals surface area contributed by atoms with Crippen LogP contribution in [0.1, 0.15) is 0 Å². The number of hydrogen-bond acceptors (Lipinski definition) is 6. The van der Waals surface area contributed by atoms with Gasteiger partial charge in [0, 0.05) is 14.1 Å². The van der Waals surface area contributed by atoms with Gasteiger partial charge in [0.25, 0.3) is 0 Å². The number of hydrogen-bond donors (Lipinski definition) is 1. The number of amides is 2. The van der Waals surface area contributed by atoms with Crippen LogP contribution in [0.25, 0.3) is 0 Å². The zero-order valence-corrected chi connectivity index (χ0v) is 13.1. The predicted molar refractivity (Wildman–Crippen MR) is 78.0 cm³/mol. The summed E-state index contributed by atoms with van der Waals surface area (Å²) in [6, 6.07) is -0.426. The average molecular weight is 333 g/mol. The number of aliphatic hydroxyl groups excluding tert-OH is 1. The van der Waals surface area contributed by atoms with Gasteiger partial charge in [-0.1, -0.05) is 17.7 Å². The molecule has 1 atom stereocenters. The topological polar surface area (TPSA) is 96.8 Å². The number of carbonyl (C=O) groups excluding carboxylic acids is 1. The zero-order chi connectivity index (χ0) is 15.8. The van der Waals surface area contributed by atoms with Crippen molar-refractivity contribution in [1.82, 2.24) is 18.5 Å². The number of carbonyl (C=O) groups is 1. The fourth-order valence-corrected chi connectivity index (χ4v) is 4.06. The van der Waals surface area contributed by atoms with Crippen LogP contribution in [0.4, 0.5) is 4.79 Å². The van der Waals surface area contributed by atoms with Gasteiger partial charge in [-0.2, -0.15) is 17.1 Å². The number of terminal acetylenes is 1. The van der Waals surface area contributed by atoms with Crippen LogP contribution in [-0.4, -0.2) is 82.5 Å². The van der Waals surface area contributed by atoms with Crippen LogP contribution in [0, 0.1) is 12.3 Å². The minimum Gasteiger partial charge on any atom is -0.371 e. The van der Waals surface area contributed by atoms with Crippen molar-refractivity contribution in [2.45, 2.75) is 6.23 Å². The molecule has 2 aliphatic heterocycles. The molecule has 0 bridgehead atoms. The number of amidine groups is 1. The largest absolute Gasteiger partial charge is 0.371 e. The Bertz CT molecular complexity index is 613. The lowest BCUT2D eigenvalue weighted by molar-refractivity contribution is 0.105. The quantitative estimate of drug-likeness (QED) is 0.652. The highest BCUT2D eigenvalue weighted by atomic mass is 32.2. The van der Waals surface area contributed by atoms with Crippen molar-refractivity contribution in [2.75, 3.05) is 33.1 Å². The summed E-state index contributed by atoms with van der Waals surface area (Å²) in [6.07, 6.45) is 4.05. The van der Waals surface area contributed by atoms with Crippen molar-refractivity contribution < 1.29 is 18.3 Å². The first-order valence-electron chi connectivity index (χ1n) is 5.90. The smallest absolute Gasteiger partial charge is 0.328 e. The van der Waals surface area contributed by atoms with Crippen LogP contribution in [0.2, 0.25) is 0 Å². The summed E-state index contributed by atoms with van der Waals surface area (Å²) in [4.78, 5) is 14.3. The van der Waals surface area contributed by atoms with E-state index in [1.807, 2.05) is 0 Å². The van der Waals surface area contributed by atoms with Crippen LogP contribution in [-0.2, 0) is 10.2 Å². The zero-order valence-electron chi connectivity index (χ0n) is 11.5. The number of β-amino-alcohol motifs (C(OH)–C–C–N with tert-alkyl or cyclic N) is 1. The van der Waals surface area contributed by atoms with E-state index < -0.39 is 22.5 Å². The number of thioether (sulfide) groups is 1. The van der Waals surface area contributed by atoms with Gasteiger partial charge >= 0.3 is 16.2 Å². The third-order valence-electron chi connectivity index (χ3n) is 2.95. The van der Waals surface area contributed by atoms with Crippen molar-refractivity contribution in [3.63, 3.8) is 0 Å². The lowest BCUT2D eigenvalue weighted by Gasteiger charge is -2.20. The standard InChI is InChI=1S/C10H15N5O4S2/c1-4-5-13(3)21(18,19)14-7-20-9(11-14)15-8(16)6-12(2)10(15)17/h1,8,16H,5-7H2,2-3H3. The Labute approximate surface area is 127 Å². The maximum absolute atomic E-state index is 12.2. The molecular formula is C10H15N5O4S2. The van der Waals surface area contributed by atoms with Crippen molar-refractivity contribution in [3.05, 3.63) is 0 Å². The number of aliphatic hydroxyl groups is 1. The van der Waals surface area contributed by atoms with Gasteiger partial charge in [0.2, 0.25) is 0 Å². The minimum absolute atomic E-state index is 0.0206. The Hall–Kier alpha value is -1.48. The molecule has 2 aliphatic rings. The van der Waals surface area contributed by atoms with E-state index in [1.54, 1.807) is 7.05 Å². The van der Waals surface area contributed by atoms with E-state index in [-0.39, 0.29) is 24.1 Å². The fourth-order valence-electron chi connectivity index (χ4n) is 1.80. The van der Waals surface area contributed by atoms with Crippen LogP contribution in [0.5, 0.6) is 0 Å². The first kappa shape index (κ1) is 15.9. The SMILES string of the molecule is C#CCN(C)S(=O)(=O)N1CSC(N2C(=O)N(C)CC2O)=N1. The third-order valence-corrected chi connectivity index (χ3v) is 5.68. The first-order chi connectivity index (χ1) is 9.78. The fraction of sp³-hybridized carbons (Fsp3) is 0.600. The molecule has 1 fully saturated rings. The molecule has 1 saturated heterocycles. The van der Waals surface area contributed by atoms with Crippen LogP contribution >= 0.6 is 11.8 Å². The molecule has 0 saturated carbocycles. The normalized spacial score (nSPS) is 23.0. The molecule has 1 unspecified atom stereocenters. The summed E-state index contributed by atoms with van der Waals surface area (Å²) >= 11 is 1.06. The van der Waals surface area contributed by atoms with Crippen molar-refractivity contribution >= 4 is 33.2 Å². The molecule has 11 heteroatoms. The number of hydrazone groups is 1. The summed E-state index contributed by atoms with van der Waals surface area (Å²) in [5.41, 5.74) is 0. The highest BCUT2D eigenvalue weighted by Gasteiger charge is 2.41. The van der Waals surface area contributed by atoms with E-state index in [1.165, 1.54) is 11.9 Å². The summed E-state index contributed by atoms with van der Waals surface area (Å²) < 4.78 is 26.2. The molecule has 116 valence electrons. The van der Waals surface area contributed by atoms with E-state index in [4.69, 9.17) is 6.42 Å².